The molecule has 0 saturated heterocycles. The molecule has 0 unspecified atom stereocenters. The molecule has 0 atom stereocenters. The van der Waals surface area contributed by atoms with Crippen molar-refractivity contribution in [1.29, 1.82) is 0 Å². The van der Waals surface area contributed by atoms with E-state index in [1.165, 1.54) is 0 Å². The van der Waals surface area contributed by atoms with Crippen LogP contribution in [0.2, 0.25) is 5.02 Å². The van der Waals surface area contributed by atoms with Gasteiger partial charge in [0.05, 0.1) is 5.69 Å². The Morgan fingerprint density at radius 3 is 2.83 bits per heavy atom. The average molecular weight is 265 g/mol. The molecule has 18 heavy (non-hydrogen) atoms. The van der Waals surface area contributed by atoms with Crippen LogP contribution in [0.15, 0.2) is 30.5 Å². The van der Waals surface area contributed by atoms with Crippen molar-refractivity contribution in [2.24, 2.45) is 0 Å². The van der Waals surface area contributed by atoms with Gasteiger partial charge in [0.15, 0.2) is 0 Å². The largest absolute Gasteiger partial charge is 0.486 e. The summed E-state index contributed by atoms with van der Waals surface area (Å²) in [5.41, 5.74) is 1.01. The molecule has 0 amide bonds. The Bertz CT molecular complexity index is 534. The fourth-order valence-corrected chi connectivity index (χ4v) is 2.00. The summed E-state index contributed by atoms with van der Waals surface area (Å²) < 4.78 is 7.83. The first-order valence-corrected chi connectivity index (χ1v) is 6.37. The molecule has 2 rings (SSSR count). The molecule has 1 heterocycles. The molecule has 2 aromatic rings. The Balaban J connectivity index is 2.10. The molecule has 0 spiro atoms. The van der Waals surface area contributed by atoms with Crippen LogP contribution < -0.4 is 4.74 Å². The number of hydrogen-bond donors (Lipinski definition) is 0. The number of benzene rings is 1. The van der Waals surface area contributed by atoms with E-state index in [0.717, 1.165) is 17.3 Å². The number of hydrogen-bond acceptors (Lipinski definition) is 2. The SMILES string of the molecule is Cc1cn(C(C)C)c(COc2cccc(Cl)c2)n1. The summed E-state index contributed by atoms with van der Waals surface area (Å²) in [7, 11) is 0. The Hall–Kier alpha value is -1.48. The molecule has 0 aliphatic heterocycles. The third-order valence-corrected chi connectivity index (χ3v) is 2.88. The molecule has 0 aliphatic carbocycles. The molecule has 0 radical (unpaired) electrons. The fourth-order valence-electron chi connectivity index (χ4n) is 1.82. The second kappa shape index (κ2) is 5.44. The van der Waals surface area contributed by atoms with Crippen LogP contribution >= 0.6 is 11.6 Å². The highest BCUT2D eigenvalue weighted by atomic mass is 35.5. The molecule has 0 N–H and O–H groups in total. The third kappa shape index (κ3) is 3.05. The van der Waals surface area contributed by atoms with Gasteiger partial charge in [-0.2, -0.15) is 0 Å². The lowest BCUT2D eigenvalue weighted by molar-refractivity contribution is 0.286. The Morgan fingerprint density at radius 1 is 1.39 bits per heavy atom. The van der Waals surface area contributed by atoms with Crippen LogP contribution in [-0.2, 0) is 6.61 Å². The second-order valence-corrected chi connectivity index (χ2v) is 4.98. The molecule has 1 aromatic carbocycles. The molecular weight excluding hydrogens is 248 g/mol. The Kier molecular flexibility index (Phi) is 3.92. The molecule has 4 heteroatoms. The zero-order chi connectivity index (χ0) is 13.1. The Labute approximate surface area is 112 Å². The van der Waals surface area contributed by atoms with Crippen LogP contribution in [0, 0.1) is 6.92 Å². The maximum Gasteiger partial charge on any atom is 0.147 e. The summed E-state index contributed by atoms with van der Waals surface area (Å²) in [6.07, 6.45) is 2.04. The number of halogens is 1. The van der Waals surface area contributed by atoms with Crippen molar-refractivity contribution in [3.8, 4) is 5.75 Å². The van der Waals surface area contributed by atoms with Crippen LogP contribution in [0.1, 0.15) is 31.4 Å². The van der Waals surface area contributed by atoms with Crippen molar-refractivity contribution in [2.45, 2.75) is 33.4 Å². The van der Waals surface area contributed by atoms with Crippen LogP contribution in [0.4, 0.5) is 0 Å². The summed E-state index contributed by atoms with van der Waals surface area (Å²) in [5, 5.41) is 0.677. The van der Waals surface area contributed by atoms with Crippen LogP contribution in [0.5, 0.6) is 5.75 Å². The van der Waals surface area contributed by atoms with Gasteiger partial charge in [-0.25, -0.2) is 4.98 Å². The van der Waals surface area contributed by atoms with Crippen LogP contribution in [0.3, 0.4) is 0 Å². The lowest BCUT2D eigenvalue weighted by Crippen LogP contribution is -2.08. The first-order valence-electron chi connectivity index (χ1n) is 5.99. The van der Waals surface area contributed by atoms with Crippen molar-refractivity contribution in [3.05, 3.63) is 47.0 Å². The van der Waals surface area contributed by atoms with Crippen molar-refractivity contribution < 1.29 is 4.74 Å². The predicted molar refractivity (Wildman–Crippen MR) is 73.1 cm³/mol. The lowest BCUT2D eigenvalue weighted by atomic mass is 10.3. The number of nitrogens with zero attached hydrogens (tertiary/aromatic N) is 2. The van der Waals surface area contributed by atoms with Crippen molar-refractivity contribution in [3.63, 3.8) is 0 Å². The van der Waals surface area contributed by atoms with E-state index in [2.05, 4.69) is 23.4 Å². The predicted octanol–water partition coefficient (Wildman–Crippen LogP) is 4.00. The molecule has 0 aliphatic rings. The lowest BCUT2D eigenvalue weighted by Gasteiger charge is -2.12. The summed E-state index contributed by atoms with van der Waals surface area (Å²) in [6, 6.07) is 7.77. The van der Waals surface area contributed by atoms with E-state index in [4.69, 9.17) is 16.3 Å². The first-order chi connectivity index (χ1) is 8.56. The molecule has 0 bridgehead atoms. The fraction of sp³-hybridized carbons (Fsp3) is 0.357. The number of imidazole rings is 1. The van der Waals surface area contributed by atoms with E-state index in [-0.39, 0.29) is 0 Å². The van der Waals surface area contributed by atoms with E-state index in [0.29, 0.717) is 17.7 Å². The van der Waals surface area contributed by atoms with Crippen molar-refractivity contribution in [2.75, 3.05) is 0 Å². The maximum absolute atomic E-state index is 5.91. The zero-order valence-corrected chi connectivity index (χ0v) is 11.6. The number of aryl methyl sites for hydroxylation is 1. The summed E-state index contributed by atoms with van der Waals surface area (Å²) >= 11 is 5.91. The monoisotopic (exact) mass is 264 g/mol. The highest BCUT2D eigenvalue weighted by molar-refractivity contribution is 6.30. The van der Waals surface area contributed by atoms with Gasteiger partial charge >= 0.3 is 0 Å². The second-order valence-electron chi connectivity index (χ2n) is 4.55. The topological polar surface area (TPSA) is 27.1 Å². The van der Waals surface area contributed by atoms with Gasteiger partial charge in [-0.05, 0) is 39.0 Å². The van der Waals surface area contributed by atoms with E-state index >= 15 is 0 Å². The summed E-state index contributed by atoms with van der Waals surface area (Å²) in [4.78, 5) is 4.47. The minimum atomic E-state index is 0.379. The highest BCUT2D eigenvalue weighted by Gasteiger charge is 2.09. The summed E-state index contributed by atoms with van der Waals surface area (Å²) in [6.45, 7) is 6.70. The number of aromatic nitrogens is 2. The van der Waals surface area contributed by atoms with E-state index in [1.807, 2.05) is 31.3 Å². The quantitative estimate of drug-likeness (QED) is 0.834. The standard InChI is InChI=1S/C14H17ClN2O/c1-10(2)17-8-11(3)16-14(17)9-18-13-6-4-5-12(15)7-13/h4-8,10H,9H2,1-3H3. The van der Waals surface area contributed by atoms with Gasteiger partial charge in [0.2, 0.25) is 0 Å². The van der Waals surface area contributed by atoms with Crippen molar-refractivity contribution >= 4 is 11.6 Å². The van der Waals surface area contributed by atoms with Gasteiger partial charge in [0, 0.05) is 17.3 Å². The number of ether oxygens (including phenoxy) is 1. The van der Waals surface area contributed by atoms with Crippen molar-refractivity contribution in [1.82, 2.24) is 9.55 Å². The van der Waals surface area contributed by atoms with Gasteiger partial charge in [-0.3, -0.25) is 0 Å². The molecule has 96 valence electrons. The molecule has 0 fully saturated rings. The van der Waals surface area contributed by atoms with Crippen LogP contribution in [-0.4, -0.2) is 9.55 Å². The minimum Gasteiger partial charge on any atom is -0.486 e. The molecule has 0 saturated carbocycles. The van der Waals surface area contributed by atoms with Gasteiger partial charge in [-0.1, -0.05) is 17.7 Å². The molecular formula is C14H17ClN2O. The van der Waals surface area contributed by atoms with E-state index < -0.39 is 0 Å². The van der Waals surface area contributed by atoms with E-state index in [9.17, 15) is 0 Å². The Morgan fingerprint density at radius 2 is 2.17 bits per heavy atom. The van der Waals surface area contributed by atoms with Crippen LogP contribution in [0.25, 0.3) is 0 Å². The average Bonchev–Trinajstić information content (AvgIpc) is 2.68. The maximum atomic E-state index is 5.91. The van der Waals surface area contributed by atoms with Gasteiger partial charge in [0.25, 0.3) is 0 Å². The van der Waals surface area contributed by atoms with Gasteiger partial charge in [0.1, 0.15) is 18.2 Å². The molecule has 3 nitrogen and oxygen atoms in total. The smallest absolute Gasteiger partial charge is 0.147 e. The summed E-state index contributed by atoms with van der Waals surface area (Å²) in [5.74, 6) is 1.70. The molecule has 1 aromatic heterocycles. The normalized spacial score (nSPS) is 10.9. The minimum absolute atomic E-state index is 0.379. The van der Waals surface area contributed by atoms with Gasteiger partial charge in [-0.15, -0.1) is 0 Å². The third-order valence-electron chi connectivity index (χ3n) is 2.65. The first kappa shape index (κ1) is 13.0. The highest BCUT2D eigenvalue weighted by Crippen LogP contribution is 2.19. The van der Waals surface area contributed by atoms with E-state index in [1.54, 1.807) is 6.07 Å². The zero-order valence-electron chi connectivity index (χ0n) is 10.9. The number of rotatable bonds is 4. The van der Waals surface area contributed by atoms with Gasteiger partial charge < -0.3 is 9.30 Å².